The van der Waals surface area contributed by atoms with E-state index in [4.69, 9.17) is 10.8 Å². The summed E-state index contributed by atoms with van der Waals surface area (Å²) >= 11 is 0. The predicted molar refractivity (Wildman–Crippen MR) is 71.3 cm³/mol. The van der Waals surface area contributed by atoms with Crippen molar-refractivity contribution in [1.82, 2.24) is 0 Å². The minimum absolute atomic E-state index is 0.0303. The van der Waals surface area contributed by atoms with Gasteiger partial charge in [0.1, 0.15) is 5.82 Å². The van der Waals surface area contributed by atoms with Crippen molar-refractivity contribution in [1.29, 1.82) is 0 Å². The molecule has 4 atom stereocenters. The number of nitrogens with two attached hydrogens (primary N) is 1. The Balaban J connectivity index is 2.14. The number of aliphatic carboxylic acids is 1. The highest BCUT2D eigenvalue weighted by atomic mass is 19.1. The van der Waals surface area contributed by atoms with Crippen LogP contribution in [0.15, 0.2) is 24.3 Å². The topological polar surface area (TPSA) is 63.3 Å². The predicted octanol–water partition coefficient (Wildman–Crippen LogP) is 2.76. The average molecular weight is 265 g/mol. The van der Waals surface area contributed by atoms with E-state index in [-0.39, 0.29) is 29.6 Å². The zero-order chi connectivity index (χ0) is 14.0. The normalized spacial score (nSPS) is 28.9. The lowest BCUT2D eigenvalue weighted by Crippen LogP contribution is -2.37. The molecule has 0 saturated heterocycles. The lowest BCUT2D eigenvalue weighted by Gasteiger charge is -2.36. The van der Waals surface area contributed by atoms with Crippen LogP contribution in [0.4, 0.5) is 4.39 Å². The Hall–Kier alpha value is -1.42. The van der Waals surface area contributed by atoms with Gasteiger partial charge < -0.3 is 10.8 Å². The molecule has 4 heteroatoms. The van der Waals surface area contributed by atoms with Crippen LogP contribution in [0.25, 0.3) is 0 Å². The molecule has 1 aromatic rings. The number of hydrogen-bond acceptors (Lipinski definition) is 2. The summed E-state index contributed by atoms with van der Waals surface area (Å²) in [5, 5.41) is 9.11. The van der Waals surface area contributed by atoms with Crippen LogP contribution in [0.5, 0.6) is 0 Å². The van der Waals surface area contributed by atoms with Crippen molar-refractivity contribution >= 4 is 5.97 Å². The Labute approximate surface area is 112 Å². The second-order valence-electron chi connectivity index (χ2n) is 5.52. The van der Waals surface area contributed by atoms with E-state index < -0.39 is 5.97 Å². The van der Waals surface area contributed by atoms with E-state index >= 15 is 0 Å². The fourth-order valence-corrected chi connectivity index (χ4v) is 2.98. The van der Waals surface area contributed by atoms with Gasteiger partial charge >= 0.3 is 5.97 Å². The SMILES string of the molecule is CC(C(=O)O)[C@@H]1CC[C@@H](N)[C@H](c2ccc(F)cc2)C1. The summed E-state index contributed by atoms with van der Waals surface area (Å²) in [5.74, 6) is -1.09. The van der Waals surface area contributed by atoms with Gasteiger partial charge in [0.25, 0.3) is 0 Å². The van der Waals surface area contributed by atoms with Crippen molar-refractivity contribution < 1.29 is 14.3 Å². The Morgan fingerprint density at radius 3 is 2.58 bits per heavy atom. The minimum Gasteiger partial charge on any atom is -0.481 e. The molecule has 0 aliphatic heterocycles. The first kappa shape index (κ1) is 14.0. The maximum Gasteiger partial charge on any atom is 0.306 e. The van der Waals surface area contributed by atoms with Crippen LogP contribution in [0.2, 0.25) is 0 Å². The third-order valence-electron chi connectivity index (χ3n) is 4.34. The summed E-state index contributed by atoms with van der Waals surface area (Å²) in [4.78, 5) is 11.1. The molecule has 3 nitrogen and oxygen atoms in total. The van der Waals surface area contributed by atoms with Crippen LogP contribution in [0, 0.1) is 17.7 Å². The molecular weight excluding hydrogens is 245 g/mol. The Morgan fingerprint density at radius 1 is 1.37 bits per heavy atom. The average Bonchev–Trinajstić information content (AvgIpc) is 2.39. The number of halogens is 1. The summed E-state index contributed by atoms with van der Waals surface area (Å²) < 4.78 is 13.0. The first-order valence-electron chi connectivity index (χ1n) is 6.73. The van der Waals surface area contributed by atoms with E-state index in [0.717, 1.165) is 24.8 Å². The molecule has 0 radical (unpaired) electrons. The first-order chi connectivity index (χ1) is 8.99. The number of rotatable bonds is 3. The van der Waals surface area contributed by atoms with Crippen molar-refractivity contribution in [2.24, 2.45) is 17.6 Å². The van der Waals surface area contributed by atoms with Gasteiger partial charge in [0.05, 0.1) is 5.92 Å². The summed E-state index contributed by atoms with van der Waals surface area (Å²) in [6.45, 7) is 1.76. The van der Waals surface area contributed by atoms with E-state index in [1.807, 2.05) is 0 Å². The number of hydrogen-bond donors (Lipinski definition) is 2. The molecule has 1 aliphatic rings. The van der Waals surface area contributed by atoms with Gasteiger partial charge in [0, 0.05) is 6.04 Å². The standard InChI is InChI=1S/C15H20FNO2/c1-9(15(18)19)11-4-7-14(17)13(8-11)10-2-5-12(16)6-3-10/h2-3,5-6,9,11,13-14H,4,7-8,17H2,1H3,(H,18,19)/t9?,11-,13+,14-/m1/s1. The highest BCUT2D eigenvalue weighted by Gasteiger charge is 2.34. The van der Waals surface area contributed by atoms with Gasteiger partial charge in [-0.1, -0.05) is 19.1 Å². The highest BCUT2D eigenvalue weighted by Crippen LogP contribution is 2.38. The molecule has 1 aliphatic carbocycles. The van der Waals surface area contributed by atoms with Crippen LogP contribution in [-0.4, -0.2) is 17.1 Å². The third kappa shape index (κ3) is 3.13. The van der Waals surface area contributed by atoms with Crippen molar-refractivity contribution in [3.63, 3.8) is 0 Å². The van der Waals surface area contributed by atoms with Crippen LogP contribution >= 0.6 is 0 Å². The molecule has 0 heterocycles. The van der Waals surface area contributed by atoms with Gasteiger partial charge in [0.2, 0.25) is 0 Å². The summed E-state index contributed by atoms with van der Waals surface area (Å²) in [7, 11) is 0. The van der Waals surface area contributed by atoms with Crippen molar-refractivity contribution in [3.8, 4) is 0 Å². The van der Waals surface area contributed by atoms with E-state index in [1.54, 1.807) is 19.1 Å². The fourth-order valence-electron chi connectivity index (χ4n) is 2.98. The van der Waals surface area contributed by atoms with Gasteiger partial charge in [-0.25, -0.2) is 4.39 Å². The Kier molecular flexibility index (Phi) is 4.20. The molecule has 1 aromatic carbocycles. The molecule has 1 fully saturated rings. The number of carbonyl (C=O) groups is 1. The van der Waals surface area contributed by atoms with Crippen molar-refractivity contribution in [2.75, 3.05) is 0 Å². The van der Waals surface area contributed by atoms with Gasteiger partial charge in [-0.15, -0.1) is 0 Å². The van der Waals surface area contributed by atoms with E-state index in [1.165, 1.54) is 12.1 Å². The number of carboxylic acids is 1. The van der Waals surface area contributed by atoms with Crippen molar-refractivity contribution in [2.45, 2.75) is 38.1 Å². The second-order valence-corrected chi connectivity index (χ2v) is 5.52. The molecule has 3 N–H and O–H groups in total. The molecule has 0 aromatic heterocycles. The van der Waals surface area contributed by atoms with E-state index in [0.29, 0.717) is 0 Å². The monoisotopic (exact) mass is 265 g/mol. The maximum absolute atomic E-state index is 13.0. The number of benzene rings is 1. The largest absolute Gasteiger partial charge is 0.481 e. The zero-order valence-corrected chi connectivity index (χ0v) is 11.1. The highest BCUT2D eigenvalue weighted by molar-refractivity contribution is 5.69. The molecule has 2 rings (SSSR count). The van der Waals surface area contributed by atoms with Gasteiger partial charge in [-0.3, -0.25) is 4.79 Å². The zero-order valence-electron chi connectivity index (χ0n) is 11.1. The van der Waals surface area contributed by atoms with Crippen LogP contribution in [0.3, 0.4) is 0 Å². The van der Waals surface area contributed by atoms with Gasteiger partial charge in [-0.2, -0.15) is 0 Å². The van der Waals surface area contributed by atoms with Crippen LogP contribution < -0.4 is 5.73 Å². The molecule has 0 amide bonds. The Bertz CT molecular complexity index is 446. The molecule has 104 valence electrons. The molecule has 0 bridgehead atoms. The number of carboxylic acid groups (broad SMARTS) is 1. The van der Waals surface area contributed by atoms with Crippen molar-refractivity contribution in [3.05, 3.63) is 35.6 Å². The smallest absolute Gasteiger partial charge is 0.306 e. The molecular formula is C15H20FNO2. The summed E-state index contributed by atoms with van der Waals surface area (Å²) in [6.07, 6.45) is 2.44. The third-order valence-corrected chi connectivity index (χ3v) is 4.34. The quantitative estimate of drug-likeness (QED) is 0.883. The molecule has 19 heavy (non-hydrogen) atoms. The maximum atomic E-state index is 13.0. The minimum atomic E-state index is -0.752. The van der Waals surface area contributed by atoms with E-state index in [9.17, 15) is 9.18 Å². The molecule has 1 unspecified atom stereocenters. The molecule has 0 spiro atoms. The van der Waals surface area contributed by atoms with E-state index in [2.05, 4.69) is 0 Å². The van der Waals surface area contributed by atoms with Gasteiger partial charge in [0.15, 0.2) is 0 Å². The van der Waals surface area contributed by atoms with Gasteiger partial charge in [-0.05, 0) is 48.8 Å². The lowest BCUT2D eigenvalue weighted by molar-refractivity contribution is -0.143. The van der Waals surface area contributed by atoms with Crippen LogP contribution in [0.1, 0.15) is 37.7 Å². The fraction of sp³-hybridized carbons (Fsp3) is 0.533. The lowest BCUT2D eigenvalue weighted by atomic mass is 9.71. The Morgan fingerprint density at radius 2 is 2.00 bits per heavy atom. The summed E-state index contributed by atoms with van der Waals surface area (Å²) in [6, 6.07) is 6.42. The summed E-state index contributed by atoms with van der Waals surface area (Å²) in [5.41, 5.74) is 7.16. The molecule has 1 saturated carbocycles. The first-order valence-corrected chi connectivity index (χ1v) is 6.73. The second kappa shape index (κ2) is 5.70. The van der Waals surface area contributed by atoms with Crippen LogP contribution in [-0.2, 0) is 4.79 Å².